The lowest BCUT2D eigenvalue weighted by Gasteiger charge is -2.13. The summed E-state index contributed by atoms with van der Waals surface area (Å²) in [6.45, 7) is 7.46. The standard InChI is InChI=1S/C23H22N8O4/c1-14-12-17(32)20(28-29(14)15-8-5-6-9-16(15)31(34)35)21(33)26-19-13-18(23(2,3)4)27-30(19)22-24-10-7-11-25-22/h5-13H,1-4H3,(H,26,33). The molecule has 0 unspecified atom stereocenters. The van der Waals surface area contributed by atoms with Crippen molar-refractivity contribution < 1.29 is 9.72 Å². The lowest BCUT2D eigenvalue weighted by atomic mass is 9.92. The Morgan fingerprint density at radius 3 is 2.37 bits per heavy atom. The number of anilines is 1. The van der Waals surface area contributed by atoms with Crippen molar-refractivity contribution in [3.8, 4) is 11.6 Å². The molecule has 0 radical (unpaired) electrons. The van der Waals surface area contributed by atoms with E-state index in [0.717, 1.165) is 0 Å². The third-order valence-electron chi connectivity index (χ3n) is 5.09. The minimum absolute atomic E-state index is 0.127. The fraction of sp³-hybridized carbons (Fsp3) is 0.217. The first-order chi connectivity index (χ1) is 16.6. The summed E-state index contributed by atoms with van der Waals surface area (Å²) in [6, 6.07) is 10.5. The SMILES string of the molecule is Cc1cc(=O)c(C(=O)Nc2cc(C(C)(C)C)nn2-c2ncccn2)nn1-c1ccccc1[N+](=O)[O-]. The first-order valence-electron chi connectivity index (χ1n) is 10.6. The predicted octanol–water partition coefficient (Wildman–Crippen LogP) is 2.97. The summed E-state index contributed by atoms with van der Waals surface area (Å²) in [4.78, 5) is 45.2. The third kappa shape index (κ3) is 4.67. The quantitative estimate of drug-likeness (QED) is 0.342. The molecule has 4 rings (SSSR count). The molecular formula is C23H22N8O4. The van der Waals surface area contributed by atoms with E-state index >= 15 is 0 Å². The Balaban J connectivity index is 1.78. The average molecular weight is 474 g/mol. The number of rotatable bonds is 5. The maximum atomic E-state index is 13.2. The Morgan fingerprint density at radius 2 is 1.71 bits per heavy atom. The monoisotopic (exact) mass is 474 g/mol. The number of nitro benzene ring substituents is 1. The van der Waals surface area contributed by atoms with Crippen LogP contribution in [0.2, 0.25) is 0 Å². The molecule has 0 saturated carbocycles. The van der Waals surface area contributed by atoms with E-state index in [0.29, 0.717) is 11.4 Å². The number of para-hydroxylation sites is 2. The van der Waals surface area contributed by atoms with Crippen LogP contribution in [-0.4, -0.2) is 40.4 Å². The minimum Gasteiger partial charge on any atom is -0.305 e. The van der Waals surface area contributed by atoms with Crippen LogP contribution in [0.1, 0.15) is 42.6 Å². The number of nitrogens with one attached hydrogen (secondary N) is 1. The molecule has 0 bridgehead atoms. The van der Waals surface area contributed by atoms with Crippen molar-refractivity contribution in [2.24, 2.45) is 0 Å². The van der Waals surface area contributed by atoms with Gasteiger partial charge in [0.25, 0.3) is 17.5 Å². The molecule has 12 nitrogen and oxygen atoms in total. The number of aryl methyl sites for hydroxylation is 1. The molecule has 0 atom stereocenters. The van der Waals surface area contributed by atoms with Gasteiger partial charge in [0, 0.05) is 41.7 Å². The van der Waals surface area contributed by atoms with Crippen molar-refractivity contribution in [3.05, 3.63) is 92.3 Å². The number of benzene rings is 1. The van der Waals surface area contributed by atoms with Gasteiger partial charge in [-0.05, 0) is 19.1 Å². The third-order valence-corrected chi connectivity index (χ3v) is 5.09. The molecule has 3 aromatic heterocycles. The fourth-order valence-corrected chi connectivity index (χ4v) is 3.31. The molecule has 35 heavy (non-hydrogen) atoms. The van der Waals surface area contributed by atoms with E-state index in [2.05, 4.69) is 25.5 Å². The number of hydrogen-bond donors (Lipinski definition) is 1. The zero-order valence-electron chi connectivity index (χ0n) is 19.5. The summed E-state index contributed by atoms with van der Waals surface area (Å²) >= 11 is 0. The van der Waals surface area contributed by atoms with Gasteiger partial charge >= 0.3 is 0 Å². The van der Waals surface area contributed by atoms with E-state index in [1.165, 1.54) is 33.6 Å². The summed E-state index contributed by atoms with van der Waals surface area (Å²) in [6.07, 6.45) is 3.08. The summed E-state index contributed by atoms with van der Waals surface area (Å²) in [5.41, 5.74) is -0.511. The number of carbonyl (C=O) groups excluding carboxylic acids is 1. The zero-order chi connectivity index (χ0) is 25.3. The molecule has 4 aromatic rings. The van der Waals surface area contributed by atoms with Gasteiger partial charge in [0.15, 0.2) is 5.69 Å². The van der Waals surface area contributed by atoms with Gasteiger partial charge in [-0.2, -0.15) is 14.9 Å². The Morgan fingerprint density at radius 1 is 1.03 bits per heavy atom. The topological polar surface area (TPSA) is 151 Å². The van der Waals surface area contributed by atoms with Crippen LogP contribution in [0.15, 0.2) is 59.7 Å². The molecule has 0 saturated heterocycles. The molecule has 12 heteroatoms. The van der Waals surface area contributed by atoms with Crippen molar-refractivity contribution in [2.45, 2.75) is 33.1 Å². The van der Waals surface area contributed by atoms with E-state index in [9.17, 15) is 19.7 Å². The van der Waals surface area contributed by atoms with Gasteiger partial charge in [-0.15, -0.1) is 0 Å². The molecular weight excluding hydrogens is 452 g/mol. The van der Waals surface area contributed by atoms with E-state index < -0.39 is 22.0 Å². The maximum absolute atomic E-state index is 13.2. The second-order valence-electron chi connectivity index (χ2n) is 8.74. The van der Waals surface area contributed by atoms with Crippen molar-refractivity contribution in [2.75, 3.05) is 5.32 Å². The van der Waals surface area contributed by atoms with Gasteiger partial charge in [-0.1, -0.05) is 32.9 Å². The first kappa shape index (κ1) is 23.4. The summed E-state index contributed by atoms with van der Waals surface area (Å²) < 4.78 is 2.57. The summed E-state index contributed by atoms with van der Waals surface area (Å²) in [5.74, 6) is -0.336. The molecule has 1 aromatic carbocycles. The smallest absolute Gasteiger partial charge is 0.294 e. The first-order valence-corrected chi connectivity index (χ1v) is 10.6. The number of nitro groups is 1. The lowest BCUT2D eigenvalue weighted by molar-refractivity contribution is -0.384. The van der Waals surface area contributed by atoms with Crippen molar-refractivity contribution in [3.63, 3.8) is 0 Å². The number of nitrogens with zero attached hydrogens (tertiary/aromatic N) is 7. The number of hydrogen-bond acceptors (Lipinski definition) is 8. The van der Waals surface area contributed by atoms with Crippen LogP contribution < -0.4 is 10.7 Å². The van der Waals surface area contributed by atoms with Crippen LogP contribution in [-0.2, 0) is 5.41 Å². The molecule has 0 aliphatic heterocycles. The Kier molecular flexibility index (Phi) is 5.95. The second-order valence-corrected chi connectivity index (χ2v) is 8.74. The maximum Gasteiger partial charge on any atom is 0.294 e. The van der Waals surface area contributed by atoms with E-state index in [4.69, 9.17) is 0 Å². The van der Waals surface area contributed by atoms with Crippen molar-refractivity contribution >= 4 is 17.4 Å². The highest BCUT2D eigenvalue weighted by atomic mass is 16.6. The molecule has 0 aliphatic carbocycles. The van der Waals surface area contributed by atoms with Gasteiger partial charge in [0.1, 0.15) is 11.5 Å². The average Bonchev–Trinajstić information content (AvgIpc) is 3.24. The van der Waals surface area contributed by atoms with Crippen LogP contribution in [0, 0.1) is 17.0 Å². The number of aromatic nitrogens is 6. The molecule has 178 valence electrons. The summed E-state index contributed by atoms with van der Waals surface area (Å²) in [7, 11) is 0. The van der Waals surface area contributed by atoms with Gasteiger partial charge < -0.3 is 5.32 Å². The molecule has 1 N–H and O–H groups in total. The molecule has 0 spiro atoms. The second kappa shape index (κ2) is 8.89. The van der Waals surface area contributed by atoms with Gasteiger partial charge in [0.2, 0.25) is 5.43 Å². The Hall–Kier alpha value is -4.74. The predicted molar refractivity (Wildman–Crippen MR) is 127 cm³/mol. The highest BCUT2D eigenvalue weighted by Crippen LogP contribution is 2.26. The van der Waals surface area contributed by atoms with E-state index in [1.54, 1.807) is 37.5 Å². The highest BCUT2D eigenvalue weighted by molar-refractivity contribution is 6.02. The van der Waals surface area contributed by atoms with E-state index in [-0.39, 0.29) is 28.6 Å². The van der Waals surface area contributed by atoms with Crippen molar-refractivity contribution in [1.82, 2.24) is 29.5 Å². The van der Waals surface area contributed by atoms with E-state index in [1.807, 2.05) is 20.8 Å². The van der Waals surface area contributed by atoms with Crippen molar-refractivity contribution in [1.29, 1.82) is 0 Å². The summed E-state index contributed by atoms with van der Waals surface area (Å²) in [5, 5.41) is 22.9. The van der Waals surface area contributed by atoms with Crippen LogP contribution in [0.4, 0.5) is 11.5 Å². The Labute approximate surface area is 199 Å². The molecule has 0 aliphatic rings. The van der Waals surface area contributed by atoms with Crippen LogP contribution in [0.5, 0.6) is 0 Å². The lowest BCUT2D eigenvalue weighted by Crippen LogP contribution is -2.27. The highest BCUT2D eigenvalue weighted by Gasteiger charge is 2.25. The number of amides is 1. The zero-order valence-corrected chi connectivity index (χ0v) is 19.5. The molecule has 1 amide bonds. The largest absolute Gasteiger partial charge is 0.305 e. The Bertz CT molecular complexity index is 1490. The van der Waals surface area contributed by atoms with Gasteiger partial charge in [0.05, 0.1) is 10.6 Å². The number of carbonyl (C=O) groups is 1. The van der Waals surface area contributed by atoms with Gasteiger partial charge in [-0.3, -0.25) is 19.7 Å². The normalized spacial score (nSPS) is 11.3. The van der Waals surface area contributed by atoms with Crippen LogP contribution >= 0.6 is 0 Å². The van der Waals surface area contributed by atoms with Crippen LogP contribution in [0.25, 0.3) is 11.6 Å². The van der Waals surface area contributed by atoms with Gasteiger partial charge in [-0.25, -0.2) is 14.6 Å². The molecule has 3 heterocycles. The molecule has 0 fully saturated rings. The van der Waals surface area contributed by atoms with Crippen LogP contribution in [0.3, 0.4) is 0 Å². The fourth-order valence-electron chi connectivity index (χ4n) is 3.31. The minimum atomic E-state index is -0.806.